The molecule has 2 saturated carbocycles. The molecule has 2 N–H and O–H groups in total. The average molecular weight is 395 g/mol. The van der Waals surface area contributed by atoms with E-state index < -0.39 is 10.0 Å². The van der Waals surface area contributed by atoms with Gasteiger partial charge >= 0.3 is 0 Å². The maximum atomic E-state index is 12.6. The molecule has 27 heavy (non-hydrogen) atoms. The molecule has 1 aromatic rings. The molecular weight excluding hydrogens is 364 g/mol. The van der Waals surface area contributed by atoms with E-state index in [9.17, 15) is 13.2 Å². The van der Waals surface area contributed by atoms with Crippen molar-refractivity contribution in [2.24, 2.45) is 0 Å². The topological polar surface area (TPSA) is 84.5 Å². The lowest BCUT2D eigenvalue weighted by Crippen LogP contribution is -2.36. The Kier molecular flexibility index (Phi) is 6.76. The second-order valence-corrected chi connectivity index (χ2v) is 9.44. The molecule has 0 aromatic heterocycles. The summed E-state index contributed by atoms with van der Waals surface area (Å²) in [6.07, 6.45) is 9.51. The molecule has 3 rings (SSSR count). The summed E-state index contributed by atoms with van der Waals surface area (Å²) in [5.41, 5.74) is 0.704. The first-order valence-electron chi connectivity index (χ1n) is 9.99. The number of benzene rings is 1. The van der Waals surface area contributed by atoms with E-state index in [1.165, 1.54) is 6.42 Å². The zero-order chi connectivity index (χ0) is 19.3. The highest BCUT2D eigenvalue weighted by atomic mass is 32.2. The minimum Gasteiger partial charge on any atom is -0.484 e. The fourth-order valence-electron chi connectivity index (χ4n) is 3.94. The van der Waals surface area contributed by atoms with E-state index in [1.54, 1.807) is 25.1 Å². The predicted molar refractivity (Wildman–Crippen MR) is 104 cm³/mol. The smallest absolute Gasteiger partial charge is 0.258 e. The van der Waals surface area contributed by atoms with E-state index in [1.807, 2.05) is 0 Å². The highest BCUT2D eigenvalue weighted by molar-refractivity contribution is 7.89. The summed E-state index contributed by atoms with van der Waals surface area (Å²) in [5, 5.41) is 2.98. The van der Waals surface area contributed by atoms with E-state index >= 15 is 0 Å². The number of hydrogen-bond acceptors (Lipinski definition) is 4. The van der Waals surface area contributed by atoms with Gasteiger partial charge in [-0.15, -0.1) is 0 Å². The third-order valence-corrected chi connectivity index (χ3v) is 6.98. The van der Waals surface area contributed by atoms with Crippen molar-refractivity contribution in [3.63, 3.8) is 0 Å². The summed E-state index contributed by atoms with van der Waals surface area (Å²) in [6.45, 7) is 1.74. The molecule has 6 nitrogen and oxygen atoms in total. The molecular formula is C20H30N2O4S. The Balaban J connectivity index is 1.56. The van der Waals surface area contributed by atoms with Gasteiger partial charge in [0.05, 0.1) is 4.90 Å². The Hall–Kier alpha value is -1.60. The minimum absolute atomic E-state index is 0.0271. The van der Waals surface area contributed by atoms with Gasteiger partial charge in [0, 0.05) is 12.1 Å². The lowest BCUT2D eigenvalue weighted by molar-refractivity contribution is -0.123. The van der Waals surface area contributed by atoms with Crippen LogP contribution >= 0.6 is 0 Å². The van der Waals surface area contributed by atoms with Gasteiger partial charge in [-0.25, -0.2) is 13.1 Å². The highest BCUT2D eigenvalue weighted by Crippen LogP contribution is 2.24. The van der Waals surface area contributed by atoms with Crippen LogP contribution in [0.4, 0.5) is 0 Å². The summed E-state index contributed by atoms with van der Waals surface area (Å²) in [4.78, 5) is 12.2. The summed E-state index contributed by atoms with van der Waals surface area (Å²) >= 11 is 0. The summed E-state index contributed by atoms with van der Waals surface area (Å²) in [7, 11) is -3.53. The zero-order valence-electron chi connectivity index (χ0n) is 16.0. The highest BCUT2D eigenvalue weighted by Gasteiger charge is 2.22. The van der Waals surface area contributed by atoms with Gasteiger partial charge in [0.15, 0.2) is 6.61 Å². The van der Waals surface area contributed by atoms with Crippen molar-refractivity contribution < 1.29 is 17.9 Å². The number of amides is 1. The Morgan fingerprint density at radius 3 is 2.33 bits per heavy atom. The summed E-state index contributed by atoms with van der Waals surface area (Å²) < 4.78 is 33.6. The van der Waals surface area contributed by atoms with Crippen molar-refractivity contribution >= 4 is 15.9 Å². The minimum atomic E-state index is -3.53. The molecule has 7 heteroatoms. The molecule has 0 saturated heterocycles. The number of carbonyl (C=O) groups is 1. The first-order chi connectivity index (χ1) is 12.9. The first-order valence-corrected chi connectivity index (χ1v) is 11.5. The van der Waals surface area contributed by atoms with Gasteiger partial charge in [-0.2, -0.15) is 0 Å². The molecule has 0 bridgehead atoms. The van der Waals surface area contributed by atoms with Crippen molar-refractivity contribution in [2.45, 2.75) is 81.7 Å². The van der Waals surface area contributed by atoms with Gasteiger partial charge in [-0.1, -0.05) is 32.1 Å². The van der Waals surface area contributed by atoms with Crippen LogP contribution in [0.3, 0.4) is 0 Å². The third kappa shape index (κ3) is 5.69. The number of ether oxygens (including phenoxy) is 1. The van der Waals surface area contributed by atoms with Crippen molar-refractivity contribution in [3.05, 3.63) is 23.8 Å². The fraction of sp³-hybridized carbons (Fsp3) is 0.650. The molecule has 1 amide bonds. The number of sulfonamides is 1. The number of carbonyl (C=O) groups excluding carboxylic acids is 1. The lowest BCUT2D eigenvalue weighted by Gasteiger charge is -2.22. The van der Waals surface area contributed by atoms with Crippen molar-refractivity contribution in [3.8, 4) is 5.75 Å². The maximum Gasteiger partial charge on any atom is 0.258 e. The van der Waals surface area contributed by atoms with E-state index in [0.717, 1.165) is 51.4 Å². The maximum absolute atomic E-state index is 12.6. The van der Waals surface area contributed by atoms with Crippen molar-refractivity contribution in [1.82, 2.24) is 10.0 Å². The van der Waals surface area contributed by atoms with Crippen molar-refractivity contribution in [2.75, 3.05) is 6.61 Å². The average Bonchev–Trinajstić information content (AvgIpc) is 3.14. The third-order valence-electron chi connectivity index (χ3n) is 5.46. The number of rotatable bonds is 7. The summed E-state index contributed by atoms with van der Waals surface area (Å²) in [5.74, 6) is 0.408. The normalized spacial score (nSPS) is 19.1. The SMILES string of the molecule is Cc1cc(S(=O)(=O)NC2CCCCC2)ccc1OCC(=O)NC1CCCC1. The van der Waals surface area contributed by atoms with Crippen LogP contribution in [0.5, 0.6) is 5.75 Å². The van der Waals surface area contributed by atoms with Gasteiger partial charge in [0.2, 0.25) is 10.0 Å². The summed E-state index contributed by atoms with van der Waals surface area (Å²) in [6, 6.07) is 5.07. The zero-order valence-corrected chi connectivity index (χ0v) is 16.8. The van der Waals surface area contributed by atoms with E-state index in [-0.39, 0.29) is 29.5 Å². The number of aryl methyl sites for hydroxylation is 1. The van der Waals surface area contributed by atoms with Crippen LogP contribution in [0.25, 0.3) is 0 Å². The van der Waals surface area contributed by atoms with Gasteiger partial charge in [0.1, 0.15) is 5.75 Å². The number of nitrogens with one attached hydrogen (secondary N) is 2. The molecule has 0 atom stereocenters. The lowest BCUT2D eigenvalue weighted by atomic mass is 9.96. The van der Waals surface area contributed by atoms with Crippen LogP contribution in [0.2, 0.25) is 0 Å². The molecule has 0 spiro atoms. The van der Waals surface area contributed by atoms with Gasteiger partial charge < -0.3 is 10.1 Å². The van der Waals surface area contributed by atoms with Crippen LogP contribution in [-0.2, 0) is 14.8 Å². The molecule has 1 aromatic carbocycles. The Morgan fingerprint density at radius 2 is 1.67 bits per heavy atom. The standard InChI is InChI=1S/C20H30N2O4S/c1-15-13-18(27(24,25)22-17-9-3-2-4-10-17)11-12-19(15)26-14-20(23)21-16-7-5-6-8-16/h11-13,16-17,22H,2-10,14H2,1H3,(H,21,23). The van der Waals surface area contributed by atoms with E-state index in [4.69, 9.17) is 4.74 Å². The molecule has 0 radical (unpaired) electrons. The molecule has 2 fully saturated rings. The predicted octanol–water partition coefficient (Wildman–Crippen LogP) is 3.04. The Bertz CT molecular complexity index is 751. The fourth-order valence-corrected chi connectivity index (χ4v) is 5.33. The van der Waals surface area contributed by atoms with Crippen LogP contribution in [0.1, 0.15) is 63.4 Å². The molecule has 0 aliphatic heterocycles. The van der Waals surface area contributed by atoms with Crippen molar-refractivity contribution in [1.29, 1.82) is 0 Å². The van der Waals surface area contributed by atoms with Crippen LogP contribution in [-0.4, -0.2) is 33.0 Å². The van der Waals surface area contributed by atoms with Gasteiger partial charge in [-0.05, 0) is 56.4 Å². The molecule has 0 unspecified atom stereocenters. The van der Waals surface area contributed by atoms with E-state index in [0.29, 0.717) is 11.3 Å². The first kappa shape index (κ1) is 20.1. The quantitative estimate of drug-likeness (QED) is 0.744. The monoisotopic (exact) mass is 394 g/mol. The van der Waals surface area contributed by atoms with Gasteiger partial charge in [0.25, 0.3) is 5.91 Å². The van der Waals surface area contributed by atoms with E-state index in [2.05, 4.69) is 10.0 Å². The molecule has 2 aliphatic rings. The molecule has 150 valence electrons. The van der Waals surface area contributed by atoms with Crippen LogP contribution in [0.15, 0.2) is 23.1 Å². The second kappa shape index (κ2) is 9.06. The second-order valence-electron chi connectivity index (χ2n) is 7.72. The van der Waals surface area contributed by atoms with Crippen LogP contribution < -0.4 is 14.8 Å². The Morgan fingerprint density at radius 1 is 1.04 bits per heavy atom. The number of hydrogen-bond donors (Lipinski definition) is 2. The molecule has 2 aliphatic carbocycles. The molecule has 0 heterocycles. The van der Waals surface area contributed by atoms with Crippen LogP contribution in [0, 0.1) is 6.92 Å². The largest absolute Gasteiger partial charge is 0.484 e. The Labute approximate surface area is 162 Å². The van der Waals surface area contributed by atoms with Gasteiger partial charge in [-0.3, -0.25) is 4.79 Å².